The van der Waals surface area contributed by atoms with Crippen LogP contribution in [0.1, 0.15) is 22.6 Å². The molecule has 8 nitrogen and oxygen atoms in total. The molecule has 8 heteroatoms. The summed E-state index contributed by atoms with van der Waals surface area (Å²) < 4.78 is 15.6. The van der Waals surface area contributed by atoms with Crippen LogP contribution in [0.2, 0.25) is 0 Å². The van der Waals surface area contributed by atoms with E-state index in [4.69, 9.17) is 19.0 Å². The van der Waals surface area contributed by atoms with Crippen LogP contribution in [0.5, 0.6) is 0 Å². The molecule has 1 aliphatic rings. The van der Waals surface area contributed by atoms with Gasteiger partial charge < -0.3 is 8.83 Å². The molecule has 218 valence electrons. The molecule has 0 atom stereocenters. The lowest BCUT2D eigenvalue weighted by atomic mass is 9.94. The zero-order chi connectivity index (χ0) is 30.2. The third-order valence-electron chi connectivity index (χ3n) is 7.60. The topological polar surface area (TPSA) is 82.2 Å². The average Bonchev–Trinajstić information content (AvgIpc) is 3.83. The van der Waals surface area contributed by atoms with Gasteiger partial charge in [-0.15, -0.1) is 0 Å². The number of piperidine rings is 1. The summed E-state index contributed by atoms with van der Waals surface area (Å²) >= 11 is 0. The first-order chi connectivity index (χ1) is 21.4. The van der Waals surface area contributed by atoms with Crippen molar-refractivity contribution in [1.29, 1.82) is 0 Å². The van der Waals surface area contributed by atoms with E-state index in [-0.39, 0.29) is 5.78 Å². The number of hydrogen-bond acceptors (Lipinski definition) is 6. The summed E-state index contributed by atoms with van der Waals surface area (Å²) in [6.45, 7) is 4.84. The summed E-state index contributed by atoms with van der Waals surface area (Å²) in [6.07, 6.45) is 7.77. The molecule has 1 fully saturated rings. The molecule has 4 aromatic heterocycles. The first-order valence-electron chi connectivity index (χ1n) is 14.5. The van der Waals surface area contributed by atoms with Gasteiger partial charge in [0.15, 0.2) is 17.3 Å². The highest BCUT2D eigenvalue weighted by Gasteiger charge is 2.26. The fourth-order valence-electron chi connectivity index (χ4n) is 5.50. The molecule has 1 saturated heterocycles. The van der Waals surface area contributed by atoms with E-state index in [0.29, 0.717) is 47.1 Å². The molecule has 0 bridgehead atoms. The molecule has 5 heterocycles. The van der Waals surface area contributed by atoms with Crippen LogP contribution < -0.4 is 0 Å². The molecule has 1 aliphatic heterocycles. The van der Waals surface area contributed by atoms with Gasteiger partial charge in [-0.1, -0.05) is 36.4 Å². The second kappa shape index (κ2) is 11.3. The van der Waals surface area contributed by atoms with Crippen LogP contribution in [-0.4, -0.2) is 50.4 Å². The number of likely N-dealkylation sites (N-methyl/N-ethyl adjacent to an activating group) is 1. The summed E-state index contributed by atoms with van der Waals surface area (Å²) in [5.74, 6) is 2.90. The van der Waals surface area contributed by atoms with E-state index in [9.17, 15) is 4.79 Å². The van der Waals surface area contributed by atoms with Gasteiger partial charge >= 0.3 is 0 Å². The van der Waals surface area contributed by atoms with Crippen molar-refractivity contribution in [3.63, 3.8) is 0 Å². The van der Waals surface area contributed by atoms with Crippen molar-refractivity contribution < 1.29 is 13.6 Å². The van der Waals surface area contributed by atoms with E-state index >= 15 is 0 Å². The van der Waals surface area contributed by atoms with Gasteiger partial charge in [0, 0.05) is 47.8 Å². The minimum Gasteiger partial charge on any atom is -0.460 e. The van der Waals surface area contributed by atoms with Gasteiger partial charge in [-0.2, -0.15) is 10.2 Å². The van der Waals surface area contributed by atoms with Gasteiger partial charge in [-0.3, -0.25) is 9.69 Å². The summed E-state index contributed by atoms with van der Waals surface area (Å²) in [7, 11) is 2.02. The number of likely N-dealkylation sites (tertiary alicyclic amines) is 1. The first-order valence-corrected chi connectivity index (χ1v) is 14.5. The Morgan fingerprint density at radius 3 is 1.45 bits per heavy atom. The van der Waals surface area contributed by atoms with Gasteiger partial charge in [0.25, 0.3) is 0 Å². The number of rotatable bonds is 6. The maximum Gasteiger partial charge on any atom is 0.187 e. The Hall–Kier alpha value is -5.47. The summed E-state index contributed by atoms with van der Waals surface area (Å²) in [5.41, 5.74) is 6.17. The zero-order valence-corrected chi connectivity index (χ0v) is 24.8. The molecule has 0 spiro atoms. The van der Waals surface area contributed by atoms with Crippen LogP contribution in [0, 0.1) is 13.8 Å². The maximum absolute atomic E-state index is 14.1. The van der Waals surface area contributed by atoms with Crippen molar-refractivity contribution in [2.24, 2.45) is 0 Å². The van der Waals surface area contributed by atoms with Crippen LogP contribution in [0.3, 0.4) is 0 Å². The molecule has 0 unspecified atom stereocenters. The highest BCUT2D eigenvalue weighted by Crippen LogP contribution is 2.31. The van der Waals surface area contributed by atoms with E-state index in [1.54, 1.807) is 0 Å². The van der Waals surface area contributed by atoms with Crippen molar-refractivity contribution in [3.05, 3.63) is 131 Å². The molecular formula is C36H31N5O3. The number of carbonyl (C=O) groups excluding carboxylic acids is 1. The molecule has 0 aliphatic carbocycles. The van der Waals surface area contributed by atoms with Gasteiger partial charge in [0.1, 0.15) is 22.9 Å². The van der Waals surface area contributed by atoms with Crippen LogP contribution in [0.25, 0.3) is 46.4 Å². The van der Waals surface area contributed by atoms with Gasteiger partial charge in [-0.05, 0) is 81.6 Å². The Kier molecular flexibility index (Phi) is 7.04. The Labute approximate surface area is 255 Å². The molecule has 0 N–H and O–H groups in total. The Balaban J connectivity index is 1.30. The van der Waals surface area contributed by atoms with Crippen LogP contribution in [0.4, 0.5) is 0 Å². The number of aromatic nitrogens is 4. The number of para-hydroxylation sites is 2. The fourth-order valence-corrected chi connectivity index (χ4v) is 5.50. The van der Waals surface area contributed by atoms with Crippen molar-refractivity contribution in [2.75, 3.05) is 20.1 Å². The normalized spacial score (nSPS) is 15.9. The van der Waals surface area contributed by atoms with E-state index < -0.39 is 0 Å². The van der Waals surface area contributed by atoms with Crippen molar-refractivity contribution in [2.45, 2.75) is 13.8 Å². The quantitative estimate of drug-likeness (QED) is 0.194. The standard InChI is InChI=1S/C36H31N5O3/c1-24-14-16-32(43-24)34-26(22-40(37-34)30-10-6-4-7-11-30)18-28-20-39(3)21-29(36(28)42)19-27-23-41(31-12-8-5-9-13-31)38-35(27)33-17-15-25(2)44-33/h4-19,22-23H,20-21H2,1-3H3/b28-18-,29-19+. The lowest BCUT2D eigenvalue weighted by Crippen LogP contribution is -2.34. The summed E-state index contributed by atoms with van der Waals surface area (Å²) in [5, 5.41) is 9.71. The second-order valence-corrected chi connectivity index (χ2v) is 11.1. The number of hydrogen-bond donors (Lipinski definition) is 0. The maximum atomic E-state index is 14.1. The number of ketones is 1. The van der Waals surface area contributed by atoms with Crippen molar-refractivity contribution in [1.82, 2.24) is 24.5 Å². The molecular weight excluding hydrogens is 550 g/mol. The minimum atomic E-state index is -0.00817. The van der Waals surface area contributed by atoms with E-state index in [1.807, 2.05) is 140 Å². The molecule has 2 aromatic carbocycles. The number of nitrogens with zero attached hydrogens (tertiary/aromatic N) is 5. The van der Waals surface area contributed by atoms with E-state index in [0.717, 1.165) is 34.0 Å². The van der Waals surface area contributed by atoms with Gasteiger partial charge in [0.05, 0.1) is 11.4 Å². The molecule has 7 rings (SSSR count). The lowest BCUT2D eigenvalue weighted by Gasteiger charge is -2.26. The second-order valence-electron chi connectivity index (χ2n) is 11.1. The first kappa shape index (κ1) is 27.4. The smallest absolute Gasteiger partial charge is 0.187 e. The molecule has 0 radical (unpaired) electrons. The number of Topliss-reactive ketones (excluding diaryl/α,β-unsaturated/α-hetero) is 1. The largest absolute Gasteiger partial charge is 0.460 e. The summed E-state index contributed by atoms with van der Waals surface area (Å²) in [4.78, 5) is 16.2. The van der Waals surface area contributed by atoms with Crippen LogP contribution >= 0.6 is 0 Å². The Morgan fingerprint density at radius 1 is 0.636 bits per heavy atom. The fraction of sp³-hybridized carbons (Fsp3) is 0.139. The number of benzene rings is 2. The molecule has 0 saturated carbocycles. The van der Waals surface area contributed by atoms with Crippen molar-refractivity contribution >= 4 is 17.9 Å². The third kappa shape index (κ3) is 5.39. The number of aryl methyl sites for hydroxylation is 2. The molecule has 44 heavy (non-hydrogen) atoms. The number of carbonyl (C=O) groups is 1. The van der Waals surface area contributed by atoms with Gasteiger partial charge in [-0.25, -0.2) is 9.36 Å². The third-order valence-corrected chi connectivity index (χ3v) is 7.60. The average molecular weight is 582 g/mol. The minimum absolute atomic E-state index is 0.00817. The SMILES string of the molecule is Cc1ccc(-c2nn(-c3ccccc3)cc2/C=C2/CN(C)C/C(=C\c3cn(-c4ccccc4)nc3-c3ccc(C)o3)C2=O)o1. The monoisotopic (exact) mass is 581 g/mol. The highest BCUT2D eigenvalue weighted by molar-refractivity contribution is 6.15. The van der Waals surface area contributed by atoms with E-state index in [2.05, 4.69) is 4.90 Å². The van der Waals surface area contributed by atoms with Crippen LogP contribution in [-0.2, 0) is 4.79 Å². The summed E-state index contributed by atoms with van der Waals surface area (Å²) in [6, 6.07) is 27.5. The molecule has 6 aromatic rings. The number of furan rings is 2. The van der Waals surface area contributed by atoms with Crippen LogP contribution in [0.15, 0.2) is 117 Å². The predicted molar refractivity (Wildman–Crippen MR) is 170 cm³/mol. The Morgan fingerprint density at radius 2 is 1.07 bits per heavy atom. The zero-order valence-electron chi connectivity index (χ0n) is 24.8. The molecule has 0 amide bonds. The Bertz CT molecular complexity index is 1880. The van der Waals surface area contributed by atoms with Crippen molar-refractivity contribution in [3.8, 4) is 34.3 Å². The highest BCUT2D eigenvalue weighted by atomic mass is 16.3. The van der Waals surface area contributed by atoms with E-state index in [1.165, 1.54) is 0 Å². The predicted octanol–water partition coefficient (Wildman–Crippen LogP) is 7.18. The lowest BCUT2D eigenvalue weighted by molar-refractivity contribution is -0.113. The van der Waals surface area contributed by atoms with Gasteiger partial charge in [0.2, 0.25) is 0 Å².